The fourth-order valence-corrected chi connectivity index (χ4v) is 5.27. The Morgan fingerprint density at radius 3 is 2.44 bits per heavy atom. The summed E-state index contributed by atoms with van der Waals surface area (Å²) in [6, 6.07) is 10.6. The van der Waals surface area contributed by atoms with Crippen LogP contribution in [-0.4, -0.2) is 49.3 Å². The number of aromatic nitrogens is 1. The molecule has 2 aromatic rings. The first-order valence-electron chi connectivity index (χ1n) is 12.2. The normalized spacial score (nSPS) is 17.6. The fourth-order valence-electron chi connectivity index (χ4n) is 5.27. The van der Waals surface area contributed by atoms with Gasteiger partial charge >= 0.3 is 0 Å². The summed E-state index contributed by atoms with van der Waals surface area (Å²) >= 11 is 0. The van der Waals surface area contributed by atoms with Crippen molar-refractivity contribution in [1.29, 1.82) is 0 Å². The van der Waals surface area contributed by atoms with E-state index < -0.39 is 0 Å². The maximum absolute atomic E-state index is 13.4. The zero-order chi connectivity index (χ0) is 22.3. The number of hydrogen-bond donors (Lipinski definition) is 0. The molecule has 1 amide bonds. The van der Waals surface area contributed by atoms with E-state index in [1.165, 1.54) is 32.1 Å². The van der Waals surface area contributed by atoms with Gasteiger partial charge in [-0.1, -0.05) is 67.6 Å². The Labute approximate surface area is 191 Å². The van der Waals surface area contributed by atoms with E-state index in [0.717, 1.165) is 48.4 Å². The Balaban J connectivity index is 1.66. The van der Waals surface area contributed by atoms with E-state index in [1.807, 2.05) is 23.1 Å². The van der Waals surface area contributed by atoms with Crippen molar-refractivity contribution in [2.24, 2.45) is 5.92 Å². The van der Waals surface area contributed by atoms with Gasteiger partial charge in [0.05, 0.1) is 18.7 Å². The van der Waals surface area contributed by atoms with E-state index in [-0.39, 0.29) is 11.8 Å². The number of hydrogen-bond acceptors (Lipinski definition) is 5. The first kappa shape index (κ1) is 22.8. The number of methoxy groups -OCH3 is 1. The maximum atomic E-state index is 13.4. The molecule has 0 unspecified atom stereocenters. The van der Waals surface area contributed by atoms with Crippen LogP contribution in [0.2, 0.25) is 0 Å². The van der Waals surface area contributed by atoms with Crippen molar-refractivity contribution in [2.45, 2.75) is 70.4 Å². The average molecular weight is 440 g/mol. The van der Waals surface area contributed by atoms with Crippen molar-refractivity contribution in [1.82, 2.24) is 10.1 Å². The van der Waals surface area contributed by atoms with Crippen molar-refractivity contribution in [2.75, 3.05) is 32.2 Å². The fraction of sp³-hybridized carbons (Fsp3) is 0.615. The molecule has 1 heterocycles. The van der Waals surface area contributed by atoms with Crippen LogP contribution in [0.3, 0.4) is 0 Å². The highest BCUT2D eigenvalue weighted by Gasteiger charge is 2.31. The largest absolute Gasteiger partial charge is 0.383 e. The number of nitrogens with zero attached hydrogens (tertiary/aromatic N) is 3. The van der Waals surface area contributed by atoms with E-state index >= 15 is 0 Å². The van der Waals surface area contributed by atoms with Crippen LogP contribution >= 0.6 is 0 Å². The Hall–Kier alpha value is -2.34. The van der Waals surface area contributed by atoms with Gasteiger partial charge in [-0.2, -0.15) is 0 Å². The molecule has 6 nitrogen and oxygen atoms in total. The van der Waals surface area contributed by atoms with Crippen LogP contribution in [0.25, 0.3) is 11.3 Å². The van der Waals surface area contributed by atoms with Crippen LogP contribution in [0.1, 0.15) is 63.4 Å². The number of carbonyl (C=O) groups is 1. The molecule has 2 aliphatic carbocycles. The molecule has 0 saturated heterocycles. The number of carbonyl (C=O) groups excluding carboxylic acids is 1. The van der Waals surface area contributed by atoms with Crippen molar-refractivity contribution in [3.8, 4) is 11.3 Å². The molecular formula is C26H37N3O3. The minimum Gasteiger partial charge on any atom is -0.383 e. The lowest BCUT2D eigenvalue weighted by molar-refractivity contribution is -0.136. The molecule has 174 valence electrons. The first-order valence-corrected chi connectivity index (χ1v) is 12.2. The Bertz CT molecular complexity index is 854. The van der Waals surface area contributed by atoms with E-state index in [4.69, 9.17) is 9.26 Å². The quantitative estimate of drug-likeness (QED) is 0.532. The van der Waals surface area contributed by atoms with Gasteiger partial charge in [-0.3, -0.25) is 4.79 Å². The lowest BCUT2D eigenvalue weighted by Crippen LogP contribution is -2.38. The minimum absolute atomic E-state index is 0.131. The van der Waals surface area contributed by atoms with Gasteiger partial charge in [0.25, 0.3) is 0 Å². The third kappa shape index (κ3) is 5.17. The summed E-state index contributed by atoms with van der Waals surface area (Å²) in [6.45, 7) is 1.61. The van der Waals surface area contributed by atoms with Crippen molar-refractivity contribution in [3.05, 3.63) is 35.9 Å². The predicted octanol–water partition coefficient (Wildman–Crippen LogP) is 5.28. The highest BCUT2D eigenvalue weighted by Crippen LogP contribution is 2.36. The van der Waals surface area contributed by atoms with Gasteiger partial charge in [0.15, 0.2) is 0 Å². The molecule has 4 rings (SSSR count). The lowest BCUT2D eigenvalue weighted by atomic mass is 9.94. The highest BCUT2D eigenvalue weighted by molar-refractivity contribution is 5.80. The Morgan fingerprint density at radius 2 is 1.75 bits per heavy atom. The van der Waals surface area contributed by atoms with Crippen molar-refractivity contribution < 1.29 is 14.1 Å². The van der Waals surface area contributed by atoms with Crippen LogP contribution < -0.4 is 4.90 Å². The molecule has 32 heavy (non-hydrogen) atoms. The second kappa shape index (κ2) is 11.0. The molecule has 2 fully saturated rings. The molecule has 0 atom stereocenters. The van der Waals surface area contributed by atoms with Gasteiger partial charge in [-0.25, -0.2) is 0 Å². The molecule has 1 aromatic carbocycles. The first-order chi connectivity index (χ1) is 15.7. The Morgan fingerprint density at radius 1 is 1.06 bits per heavy atom. The predicted molar refractivity (Wildman–Crippen MR) is 126 cm³/mol. The number of benzene rings is 1. The number of anilines is 1. The van der Waals surface area contributed by atoms with Gasteiger partial charge in [0.1, 0.15) is 5.69 Å². The summed E-state index contributed by atoms with van der Waals surface area (Å²) in [5, 5.41) is 4.51. The highest BCUT2D eigenvalue weighted by atomic mass is 16.5. The SMILES string of the molecule is COCCN(Cc1c(-c2ccccc2)noc1N(C)C1CCCCC1)C(=O)C1CCCC1. The monoisotopic (exact) mass is 439 g/mol. The van der Waals surface area contributed by atoms with Gasteiger partial charge in [-0.05, 0) is 25.7 Å². The second-order valence-electron chi connectivity index (χ2n) is 9.32. The standard InChI is InChI=1S/C26H37N3O3/c1-28(22-15-7-4-8-16-22)26-23(24(27-32-26)20-11-5-3-6-12-20)19-29(17-18-31-2)25(30)21-13-9-10-14-21/h3,5-6,11-12,21-22H,4,7-10,13-19H2,1-2H3. The molecule has 2 saturated carbocycles. The van der Waals surface area contributed by atoms with Gasteiger partial charge in [0, 0.05) is 38.2 Å². The topological polar surface area (TPSA) is 58.8 Å². The Kier molecular flexibility index (Phi) is 7.85. The van der Waals surface area contributed by atoms with Gasteiger partial charge in [0.2, 0.25) is 11.8 Å². The molecule has 0 bridgehead atoms. The average Bonchev–Trinajstić information content (AvgIpc) is 3.52. The van der Waals surface area contributed by atoms with Crippen molar-refractivity contribution in [3.63, 3.8) is 0 Å². The molecule has 0 aliphatic heterocycles. The summed E-state index contributed by atoms with van der Waals surface area (Å²) in [5.74, 6) is 1.18. The number of ether oxygens (including phenoxy) is 1. The molecule has 0 radical (unpaired) electrons. The van der Waals surface area contributed by atoms with Crippen LogP contribution in [0, 0.1) is 5.92 Å². The summed E-state index contributed by atoms with van der Waals surface area (Å²) in [7, 11) is 3.81. The zero-order valence-electron chi connectivity index (χ0n) is 19.6. The van der Waals surface area contributed by atoms with Crippen molar-refractivity contribution >= 4 is 11.8 Å². The summed E-state index contributed by atoms with van der Waals surface area (Å²) in [4.78, 5) is 17.6. The maximum Gasteiger partial charge on any atom is 0.232 e. The molecular weight excluding hydrogens is 402 g/mol. The smallest absolute Gasteiger partial charge is 0.232 e. The third-order valence-corrected chi connectivity index (χ3v) is 7.19. The van der Waals surface area contributed by atoms with Crippen LogP contribution in [0.4, 0.5) is 5.88 Å². The number of amides is 1. The second-order valence-corrected chi connectivity index (χ2v) is 9.32. The molecule has 0 N–H and O–H groups in total. The summed E-state index contributed by atoms with van der Waals surface area (Å²) in [6.07, 6.45) is 10.4. The number of rotatable bonds is 9. The van der Waals surface area contributed by atoms with Gasteiger partial charge in [-0.15, -0.1) is 0 Å². The zero-order valence-corrected chi connectivity index (χ0v) is 19.6. The van der Waals surface area contributed by atoms with E-state index in [2.05, 4.69) is 29.2 Å². The van der Waals surface area contributed by atoms with E-state index in [0.29, 0.717) is 25.7 Å². The molecule has 2 aliphatic rings. The van der Waals surface area contributed by atoms with E-state index in [1.54, 1.807) is 7.11 Å². The molecule has 6 heteroatoms. The van der Waals surface area contributed by atoms with E-state index in [9.17, 15) is 4.79 Å². The minimum atomic E-state index is 0.131. The summed E-state index contributed by atoms with van der Waals surface area (Å²) < 4.78 is 11.3. The van der Waals surface area contributed by atoms with Crippen LogP contribution in [0.15, 0.2) is 34.9 Å². The lowest BCUT2D eigenvalue weighted by Gasteiger charge is -2.32. The van der Waals surface area contributed by atoms with Gasteiger partial charge < -0.3 is 19.1 Å². The van der Waals surface area contributed by atoms with Crippen LogP contribution in [0.5, 0.6) is 0 Å². The molecule has 1 aromatic heterocycles. The molecule has 0 spiro atoms. The summed E-state index contributed by atoms with van der Waals surface area (Å²) in [5.41, 5.74) is 2.87. The van der Waals surface area contributed by atoms with Crippen LogP contribution in [-0.2, 0) is 16.1 Å². The third-order valence-electron chi connectivity index (χ3n) is 7.19.